The Balaban J connectivity index is 0.000000817. The van der Waals surface area contributed by atoms with Gasteiger partial charge in [-0.15, -0.1) is 0 Å². The Labute approximate surface area is 175 Å². The van der Waals surface area contributed by atoms with Gasteiger partial charge >= 0.3 is 37.7 Å². The van der Waals surface area contributed by atoms with Gasteiger partial charge in [-0.3, -0.25) is 14.3 Å². The Morgan fingerprint density at radius 1 is 1.37 bits per heavy atom. The Kier molecular flexibility index (Phi) is 7.64. The van der Waals surface area contributed by atoms with Crippen molar-refractivity contribution in [3.05, 3.63) is 20.2 Å². The molecule has 2 aliphatic rings. The summed E-state index contributed by atoms with van der Waals surface area (Å²) in [5.74, 6) is 0.0876. The summed E-state index contributed by atoms with van der Waals surface area (Å²) in [5, 5.41) is 5.76. The predicted octanol–water partition coefficient (Wildman–Crippen LogP) is -0.775. The molecule has 0 saturated heterocycles. The molecule has 0 bridgehead atoms. The van der Waals surface area contributed by atoms with Gasteiger partial charge in [0.05, 0.1) is 18.8 Å². The number of fused-ring (bicyclic) bond motifs is 2. The number of rotatable bonds is 3. The molecule has 17 heteroatoms. The molecule has 0 aliphatic carbocycles. The number of hydrogen-bond donors (Lipinski definition) is 6. The Morgan fingerprint density at radius 2 is 2.00 bits per heavy atom. The molecule has 2 aliphatic heterocycles. The molecule has 27 heavy (non-hydrogen) atoms. The zero-order valence-corrected chi connectivity index (χ0v) is 18.3. The molecule has 0 saturated carbocycles. The van der Waals surface area contributed by atoms with E-state index in [0.29, 0.717) is 0 Å². The van der Waals surface area contributed by atoms with Crippen molar-refractivity contribution in [2.45, 2.75) is 18.4 Å². The van der Waals surface area contributed by atoms with Gasteiger partial charge in [-0.2, -0.15) is 14.8 Å². The molecule has 3 heterocycles. The SMILES string of the molecule is Nc1nc2c(c(=O)[nH]1)N[C@H]1C([S-])=C([S-])[C@@H](COP(=O)(O)O)O[C@H]1N2.[O]=[Mo+2]=[S]. The summed E-state index contributed by atoms with van der Waals surface area (Å²) < 4.78 is 29.8. The molecule has 3 rings (SSSR count). The van der Waals surface area contributed by atoms with E-state index in [2.05, 4.69) is 34.9 Å². The number of hydrogen-bond acceptors (Lipinski definition) is 12. The summed E-state index contributed by atoms with van der Waals surface area (Å²) in [4.78, 5) is 36.3. The second-order valence-electron chi connectivity index (χ2n) is 5.07. The van der Waals surface area contributed by atoms with Crippen molar-refractivity contribution in [2.75, 3.05) is 23.0 Å². The van der Waals surface area contributed by atoms with E-state index in [-0.39, 0.29) is 27.3 Å². The average Bonchev–Trinajstić information content (AvgIpc) is 2.55. The molecule has 0 fully saturated rings. The van der Waals surface area contributed by atoms with Crippen LogP contribution in [0, 0.1) is 0 Å². The molecule has 12 nitrogen and oxygen atoms in total. The van der Waals surface area contributed by atoms with Gasteiger partial charge < -0.3 is 56.1 Å². The van der Waals surface area contributed by atoms with E-state index in [9.17, 15) is 9.36 Å². The fraction of sp³-hybridized carbons (Fsp3) is 0.400. The van der Waals surface area contributed by atoms with Crippen LogP contribution >= 0.6 is 17.6 Å². The first-order valence-corrected chi connectivity index (χ1v) is 12.8. The van der Waals surface area contributed by atoms with Crippen LogP contribution in [0.25, 0.3) is 0 Å². The summed E-state index contributed by atoms with van der Waals surface area (Å²) in [6, 6.07) is -0.627. The number of phosphoric acid groups is 1. The van der Waals surface area contributed by atoms with Crippen LogP contribution < -0.4 is 21.9 Å². The number of nitrogens with zero attached hydrogens (tertiary/aromatic N) is 1. The normalized spacial score (nSPS) is 23.6. The quantitative estimate of drug-likeness (QED) is 0.160. The minimum absolute atomic E-state index is 0.0817. The topological polar surface area (TPSA) is 189 Å². The summed E-state index contributed by atoms with van der Waals surface area (Å²) in [6.45, 7) is -0.466. The van der Waals surface area contributed by atoms with Gasteiger partial charge in [-0.25, -0.2) is 4.57 Å². The van der Waals surface area contributed by atoms with Gasteiger partial charge in [0.25, 0.3) is 5.56 Å². The van der Waals surface area contributed by atoms with E-state index in [0.717, 1.165) is 0 Å². The van der Waals surface area contributed by atoms with E-state index in [1.54, 1.807) is 0 Å². The third-order valence-electron chi connectivity index (χ3n) is 3.34. The van der Waals surface area contributed by atoms with Crippen molar-refractivity contribution in [2.24, 2.45) is 0 Å². The Hall–Kier alpha value is -0.762. The monoisotopic (exact) mass is 539 g/mol. The Morgan fingerprint density at radius 3 is 2.59 bits per heavy atom. The van der Waals surface area contributed by atoms with Crippen LogP contribution in [0.15, 0.2) is 14.6 Å². The maximum absolute atomic E-state index is 11.9. The number of nitrogens with two attached hydrogens (primary N) is 1. The molecule has 0 spiro atoms. The standard InChI is InChI=1S/C10H14N5O6PS2.Mo.O.S/c11-10-14-7-4(8(16)15-10)12-3-6(24)5(23)2(21-9(3)13-7)1-20-22(17,18)19;;;/h2-3,9,12,23-24H,1H2,(H2,17,18,19)(H4,11,13,14,15,16);;;/q;+2;;/p-2/t2-,3+,9-;;;/m1.../s1. The van der Waals surface area contributed by atoms with E-state index < -0.39 is 55.1 Å². The van der Waals surface area contributed by atoms with Crippen LogP contribution in [0.3, 0.4) is 0 Å². The van der Waals surface area contributed by atoms with Crippen molar-refractivity contribution in [1.29, 1.82) is 0 Å². The van der Waals surface area contributed by atoms with Gasteiger partial charge in [0.15, 0.2) is 12.0 Å². The second-order valence-corrected chi connectivity index (χ2v) is 8.33. The van der Waals surface area contributed by atoms with Gasteiger partial charge in [-0.05, 0) is 0 Å². The molecule has 1 aromatic rings. The van der Waals surface area contributed by atoms with Crippen LogP contribution in [-0.4, -0.2) is 44.7 Å². The molecular formula is C10H12MoN5O7PS3. The van der Waals surface area contributed by atoms with Crippen molar-refractivity contribution < 1.29 is 43.7 Å². The molecule has 7 N–H and O–H groups in total. The van der Waals surface area contributed by atoms with E-state index in [4.69, 9.17) is 48.9 Å². The molecule has 148 valence electrons. The number of phosphoric ester groups is 1. The first-order chi connectivity index (χ1) is 12.6. The summed E-state index contributed by atoms with van der Waals surface area (Å²) in [6.07, 6.45) is -1.70. The summed E-state index contributed by atoms with van der Waals surface area (Å²) >= 11 is 9.25. The number of anilines is 3. The molecule has 1 aromatic heterocycles. The van der Waals surface area contributed by atoms with E-state index in [1.807, 2.05) is 0 Å². The van der Waals surface area contributed by atoms with Crippen molar-refractivity contribution in [1.82, 2.24) is 9.97 Å². The number of H-pyrrole nitrogens is 1. The van der Waals surface area contributed by atoms with E-state index >= 15 is 0 Å². The molecule has 0 amide bonds. The van der Waals surface area contributed by atoms with Gasteiger partial charge in [-0.1, -0.05) is 0 Å². The van der Waals surface area contributed by atoms with Crippen LogP contribution in [0.4, 0.5) is 17.5 Å². The first-order valence-electron chi connectivity index (χ1n) is 6.85. The molecule has 0 aromatic carbocycles. The fourth-order valence-corrected chi connectivity index (χ4v) is 3.22. The molecule has 0 radical (unpaired) electrons. The number of nitrogens with one attached hydrogen (secondary N) is 3. The van der Waals surface area contributed by atoms with Crippen LogP contribution in [0.2, 0.25) is 0 Å². The second kappa shape index (κ2) is 9.16. The van der Waals surface area contributed by atoms with Gasteiger partial charge in [0, 0.05) is 0 Å². The third kappa shape index (κ3) is 5.62. The van der Waals surface area contributed by atoms with Crippen molar-refractivity contribution >= 4 is 60.4 Å². The van der Waals surface area contributed by atoms with Crippen molar-refractivity contribution in [3.63, 3.8) is 0 Å². The zero-order chi connectivity index (χ0) is 20.4. The summed E-state index contributed by atoms with van der Waals surface area (Å²) in [7, 11) is -0.707. The average molecular weight is 537 g/mol. The minimum atomic E-state index is -4.67. The van der Waals surface area contributed by atoms with Gasteiger partial charge in [0.2, 0.25) is 5.95 Å². The Bertz CT molecular complexity index is 902. The number of aromatic amines is 1. The van der Waals surface area contributed by atoms with Crippen LogP contribution in [0.1, 0.15) is 0 Å². The molecule has 0 unspecified atom stereocenters. The maximum atomic E-state index is 11.9. The van der Waals surface area contributed by atoms with Crippen LogP contribution in [-0.2, 0) is 59.2 Å². The third-order valence-corrected chi connectivity index (χ3v) is 4.91. The first kappa shape index (κ1) is 22.5. The molecule has 3 atom stereocenters. The van der Waals surface area contributed by atoms with Crippen LogP contribution in [0.5, 0.6) is 0 Å². The van der Waals surface area contributed by atoms with Crippen molar-refractivity contribution in [3.8, 4) is 0 Å². The number of ether oxygens (including phenoxy) is 1. The fourth-order valence-electron chi connectivity index (χ4n) is 2.32. The predicted molar refractivity (Wildman–Crippen MR) is 97.0 cm³/mol. The van der Waals surface area contributed by atoms with E-state index in [1.165, 1.54) is 0 Å². The number of nitrogen functional groups attached to an aromatic ring is 1. The molecular weight excluding hydrogens is 525 g/mol. The summed E-state index contributed by atoms with van der Waals surface area (Å²) in [5.41, 5.74) is 5.15. The van der Waals surface area contributed by atoms with Gasteiger partial charge in [0.1, 0.15) is 5.69 Å². The number of aromatic nitrogens is 2. The zero-order valence-electron chi connectivity index (χ0n) is 13.0.